The molecule has 26 heavy (non-hydrogen) atoms. The van der Waals surface area contributed by atoms with Gasteiger partial charge in [0.05, 0.1) is 11.3 Å². The summed E-state index contributed by atoms with van der Waals surface area (Å²) in [5, 5.41) is 7.28. The number of hydrogen-bond acceptors (Lipinski definition) is 4. The lowest BCUT2D eigenvalue weighted by Gasteiger charge is -2.20. The van der Waals surface area contributed by atoms with Gasteiger partial charge in [-0.05, 0) is 51.2 Å². The average molecular weight is 387 g/mol. The van der Waals surface area contributed by atoms with Gasteiger partial charge in [-0.25, -0.2) is 4.79 Å². The fraction of sp³-hybridized carbons (Fsp3) is 0.312. The number of carbonyl (C=O) groups is 2. The summed E-state index contributed by atoms with van der Waals surface area (Å²) in [7, 11) is 0. The van der Waals surface area contributed by atoms with E-state index >= 15 is 0 Å². The average Bonchev–Trinajstić information content (AvgIpc) is 2.75. The van der Waals surface area contributed by atoms with Crippen LogP contribution in [0, 0.1) is 0 Å². The van der Waals surface area contributed by atoms with E-state index in [9.17, 15) is 22.8 Å². The highest BCUT2D eigenvalue weighted by Gasteiger charge is 2.31. The van der Waals surface area contributed by atoms with E-state index in [1.807, 2.05) is 0 Å². The summed E-state index contributed by atoms with van der Waals surface area (Å²) in [4.78, 5) is 23.7. The van der Waals surface area contributed by atoms with Crippen LogP contribution in [0.1, 0.15) is 31.9 Å². The van der Waals surface area contributed by atoms with Crippen LogP contribution in [0.2, 0.25) is 0 Å². The first-order valence-corrected chi connectivity index (χ1v) is 7.81. The van der Waals surface area contributed by atoms with Gasteiger partial charge in [-0.3, -0.25) is 15.4 Å². The van der Waals surface area contributed by atoms with E-state index in [1.54, 1.807) is 20.8 Å². The minimum absolute atomic E-state index is 0.0435. The molecule has 0 saturated carbocycles. The molecular weight excluding hydrogens is 371 g/mol. The number of benzene rings is 1. The van der Waals surface area contributed by atoms with Crippen LogP contribution in [-0.4, -0.2) is 22.7 Å². The lowest BCUT2D eigenvalue weighted by Crippen LogP contribution is -2.27. The van der Waals surface area contributed by atoms with Gasteiger partial charge in [-0.15, -0.1) is 0 Å². The Kier molecular flexibility index (Phi) is 5.26. The monoisotopic (exact) mass is 387 g/mol. The van der Waals surface area contributed by atoms with E-state index in [-0.39, 0.29) is 22.1 Å². The highest BCUT2D eigenvalue weighted by atomic mass is 32.1. The third-order valence-corrected chi connectivity index (χ3v) is 3.24. The third kappa shape index (κ3) is 5.19. The van der Waals surface area contributed by atoms with Gasteiger partial charge < -0.3 is 10.1 Å². The molecule has 0 bridgehead atoms. The predicted octanol–water partition coefficient (Wildman–Crippen LogP) is 3.40. The van der Waals surface area contributed by atoms with E-state index in [2.05, 4.69) is 16.0 Å². The van der Waals surface area contributed by atoms with Crippen LogP contribution < -0.4 is 16.0 Å². The Labute approximate surface area is 152 Å². The topological polar surface area (TPSA) is 79.5 Å². The number of carbonyl (C=O) groups excluding carboxylic acids is 2. The first kappa shape index (κ1) is 19.7. The van der Waals surface area contributed by atoms with Crippen molar-refractivity contribution in [2.75, 3.05) is 5.32 Å². The zero-order chi connectivity index (χ0) is 19.7. The number of nitrogens with one attached hydrogen (secondary N) is 3. The van der Waals surface area contributed by atoms with Gasteiger partial charge in [-0.2, -0.15) is 13.2 Å². The van der Waals surface area contributed by atoms with Crippen LogP contribution in [0.4, 0.5) is 23.7 Å². The number of amides is 2. The highest BCUT2D eigenvalue weighted by Crippen LogP contribution is 2.33. The Balaban J connectivity index is 2.41. The molecule has 0 aromatic heterocycles. The van der Waals surface area contributed by atoms with Crippen molar-refractivity contribution >= 4 is 41.1 Å². The fourth-order valence-electron chi connectivity index (χ4n) is 2.02. The van der Waals surface area contributed by atoms with Gasteiger partial charge >= 0.3 is 12.3 Å². The second-order valence-electron chi connectivity index (χ2n) is 6.39. The Hall–Kier alpha value is -2.62. The lowest BCUT2D eigenvalue weighted by atomic mass is 10.1. The largest absolute Gasteiger partial charge is 0.444 e. The van der Waals surface area contributed by atoms with Crippen LogP contribution in [0.5, 0.6) is 0 Å². The molecule has 0 unspecified atom stereocenters. The first-order chi connectivity index (χ1) is 11.8. The second kappa shape index (κ2) is 6.94. The summed E-state index contributed by atoms with van der Waals surface area (Å²) in [5.74, 6) is -0.530. The molecule has 0 atom stereocenters. The summed E-state index contributed by atoms with van der Waals surface area (Å²) in [6, 6.07) is 2.75. The number of rotatable bonds is 2. The molecular formula is C16H16F3N3O3S. The molecule has 1 aromatic carbocycles. The van der Waals surface area contributed by atoms with E-state index in [1.165, 1.54) is 6.08 Å². The molecule has 0 radical (unpaired) electrons. The van der Waals surface area contributed by atoms with E-state index in [0.717, 1.165) is 18.2 Å². The molecule has 2 rings (SSSR count). The summed E-state index contributed by atoms with van der Waals surface area (Å²) >= 11 is 4.80. The lowest BCUT2D eigenvalue weighted by molar-refractivity contribution is -0.137. The van der Waals surface area contributed by atoms with Crippen molar-refractivity contribution in [3.8, 4) is 0 Å². The van der Waals surface area contributed by atoms with Gasteiger partial charge in [0.1, 0.15) is 11.3 Å². The molecule has 1 aromatic rings. The Morgan fingerprint density at radius 2 is 1.88 bits per heavy atom. The second-order valence-corrected chi connectivity index (χ2v) is 6.80. The number of anilines is 1. The summed E-state index contributed by atoms with van der Waals surface area (Å²) < 4.78 is 44.0. The number of halogens is 3. The van der Waals surface area contributed by atoms with E-state index < -0.39 is 29.3 Å². The Bertz CT molecular complexity index is 798. The first-order valence-electron chi connectivity index (χ1n) is 7.40. The molecule has 140 valence electrons. The molecule has 1 aliphatic rings. The molecule has 1 aliphatic heterocycles. The molecule has 0 spiro atoms. The Morgan fingerprint density at radius 3 is 2.38 bits per heavy atom. The van der Waals surface area contributed by atoms with Gasteiger partial charge in [0.2, 0.25) is 0 Å². The maximum atomic E-state index is 13.0. The zero-order valence-corrected chi connectivity index (χ0v) is 14.9. The third-order valence-electron chi connectivity index (χ3n) is 3.04. The fourth-order valence-corrected chi connectivity index (χ4v) is 2.22. The maximum absolute atomic E-state index is 13.0. The highest BCUT2D eigenvalue weighted by molar-refractivity contribution is 7.80. The normalized spacial score (nSPS) is 16.3. The van der Waals surface area contributed by atoms with Gasteiger partial charge in [0.15, 0.2) is 5.11 Å². The number of thiocarbonyl (C=S) groups is 1. The number of alkyl halides is 3. The van der Waals surface area contributed by atoms with Crippen molar-refractivity contribution in [1.29, 1.82) is 0 Å². The molecule has 3 N–H and O–H groups in total. The number of hydrogen-bond donors (Lipinski definition) is 3. The summed E-state index contributed by atoms with van der Waals surface area (Å²) in [6.07, 6.45) is -4.24. The van der Waals surface area contributed by atoms with Crippen molar-refractivity contribution in [3.63, 3.8) is 0 Å². The van der Waals surface area contributed by atoms with E-state index in [0.29, 0.717) is 0 Å². The SMILES string of the molecule is CC(C)(C)OC(=O)Nc1cc(C(F)(F)F)ccc1C=C1NC(=S)NC1=O. The minimum atomic E-state index is -4.60. The summed E-state index contributed by atoms with van der Waals surface area (Å²) in [6.45, 7) is 4.86. The molecule has 1 heterocycles. The summed E-state index contributed by atoms with van der Waals surface area (Å²) in [5.41, 5.74) is -1.73. The minimum Gasteiger partial charge on any atom is -0.444 e. The smallest absolute Gasteiger partial charge is 0.416 e. The molecule has 0 aliphatic carbocycles. The van der Waals surface area contributed by atoms with Crippen molar-refractivity contribution in [2.24, 2.45) is 0 Å². The van der Waals surface area contributed by atoms with Gasteiger partial charge in [0, 0.05) is 5.56 Å². The Morgan fingerprint density at radius 1 is 1.23 bits per heavy atom. The predicted molar refractivity (Wildman–Crippen MR) is 93.2 cm³/mol. The van der Waals surface area contributed by atoms with Crippen LogP contribution in [0.25, 0.3) is 6.08 Å². The van der Waals surface area contributed by atoms with Gasteiger partial charge in [0.25, 0.3) is 5.91 Å². The van der Waals surface area contributed by atoms with Crippen LogP contribution in [0.15, 0.2) is 23.9 Å². The van der Waals surface area contributed by atoms with Crippen molar-refractivity contribution in [2.45, 2.75) is 32.5 Å². The van der Waals surface area contributed by atoms with Crippen molar-refractivity contribution in [3.05, 3.63) is 35.0 Å². The maximum Gasteiger partial charge on any atom is 0.416 e. The van der Waals surface area contributed by atoms with Gasteiger partial charge in [-0.1, -0.05) is 6.07 Å². The zero-order valence-electron chi connectivity index (χ0n) is 14.1. The number of ether oxygens (including phenoxy) is 1. The van der Waals surface area contributed by atoms with Crippen LogP contribution in [0.3, 0.4) is 0 Å². The van der Waals surface area contributed by atoms with Crippen LogP contribution in [-0.2, 0) is 15.7 Å². The standard InChI is InChI=1S/C16H16F3N3O3S/c1-15(2,3)25-14(24)21-10-7-9(16(17,18)19)5-4-8(10)6-11-12(23)22-13(26)20-11/h4-7H,1-3H3,(H,21,24)(H2,20,22,23,26). The van der Waals surface area contributed by atoms with E-state index in [4.69, 9.17) is 17.0 Å². The van der Waals surface area contributed by atoms with Crippen LogP contribution >= 0.6 is 12.2 Å². The molecule has 1 fully saturated rings. The van der Waals surface area contributed by atoms with Crippen molar-refractivity contribution < 1.29 is 27.5 Å². The quantitative estimate of drug-likeness (QED) is 0.536. The van der Waals surface area contributed by atoms with Crippen molar-refractivity contribution in [1.82, 2.24) is 10.6 Å². The molecule has 1 saturated heterocycles. The molecule has 2 amide bonds. The molecule has 6 nitrogen and oxygen atoms in total. The molecule has 10 heteroatoms.